The smallest absolute Gasteiger partial charge is 0.340 e. The maximum atomic E-state index is 13.5. The Morgan fingerprint density at radius 2 is 1.82 bits per heavy atom. The van der Waals surface area contributed by atoms with Crippen molar-refractivity contribution in [1.29, 1.82) is 0 Å². The first-order valence-corrected chi connectivity index (χ1v) is 8.23. The maximum absolute atomic E-state index is 13.5. The Morgan fingerprint density at radius 3 is 2.36 bits per heavy atom. The summed E-state index contributed by atoms with van der Waals surface area (Å²) in [7, 11) is -1.96. The minimum atomic E-state index is -3.13. The van der Waals surface area contributed by atoms with Gasteiger partial charge in [-0.15, -0.1) is 0 Å². The molecule has 0 spiro atoms. The first kappa shape index (κ1) is 16.7. The number of rotatable bonds is 4. The second-order valence-electron chi connectivity index (χ2n) is 4.18. The van der Waals surface area contributed by atoms with E-state index in [2.05, 4.69) is 27.3 Å². The molecule has 2 rings (SSSR count). The van der Waals surface area contributed by atoms with Crippen LogP contribution in [0.2, 0.25) is 0 Å². The van der Waals surface area contributed by atoms with E-state index in [-0.39, 0.29) is 11.3 Å². The van der Waals surface area contributed by atoms with E-state index < -0.39 is 22.7 Å². The van der Waals surface area contributed by atoms with Crippen LogP contribution < -0.4 is 4.31 Å². The first-order valence-electron chi connectivity index (χ1n) is 6.02. The van der Waals surface area contributed by atoms with Gasteiger partial charge < -0.3 is 4.74 Å². The van der Waals surface area contributed by atoms with Gasteiger partial charge in [0.2, 0.25) is 10.9 Å². The average molecular weight is 435 g/mol. The van der Waals surface area contributed by atoms with E-state index in [1.807, 2.05) is 0 Å². The van der Waals surface area contributed by atoms with E-state index in [4.69, 9.17) is 0 Å². The van der Waals surface area contributed by atoms with Gasteiger partial charge in [-0.3, -0.25) is 0 Å². The Morgan fingerprint density at radius 1 is 1.18 bits per heavy atom. The Balaban J connectivity index is 2.65. The number of thiol groups is 1. The van der Waals surface area contributed by atoms with Gasteiger partial charge in [-0.2, -0.15) is 0 Å². The predicted octanol–water partition coefficient (Wildman–Crippen LogP) is 2.88. The highest BCUT2D eigenvalue weighted by Crippen LogP contribution is 2.30. The summed E-state index contributed by atoms with van der Waals surface area (Å²) in [4.78, 5) is 11.8. The molecule has 0 aromatic heterocycles. The third-order valence-corrected chi connectivity index (χ3v) is 4.32. The topological polar surface area (TPSA) is 63.7 Å². The van der Waals surface area contributed by atoms with E-state index in [1.54, 1.807) is 24.3 Å². The molecule has 0 bridgehead atoms. The lowest BCUT2D eigenvalue weighted by atomic mass is 10.1. The van der Waals surface area contributed by atoms with E-state index >= 15 is 0 Å². The molecule has 2 aromatic rings. The number of anilines is 2. The summed E-state index contributed by atoms with van der Waals surface area (Å²) < 4.78 is 43.2. The minimum Gasteiger partial charge on any atom is -0.465 e. The summed E-state index contributed by atoms with van der Waals surface area (Å²) in [5.41, 5.74) is 0.165. The summed E-state index contributed by atoms with van der Waals surface area (Å²) in [6, 6.07) is 9.79. The fourth-order valence-corrected chi connectivity index (χ4v) is 2.89. The van der Waals surface area contributed by atoms with Crippen LogP contribution in [0, 0.1) is 9.39 Å². The van der Waals surface area contributed by atoms with E-state index in [1.165, 1.54) is 13.2 Å². The predicted molar refractivity (Wildman–Crippen MR) is 89.4 cm³/mol. The number of ether oxygens (including phenoxy) is 1. The van der Waals surface area contributed by atoms with Crippen LogP contribution in [0.4, 0.5) is 15.8 Å². The van der Waals surface area contributed by atoms with Gasteiger partial charge >= 0.3 is 5.97 Å². The van der Waals surface area contributed by atoms with Crippen LogP contribution in [0.5, 0.6) is 0 Å². The van der Waals surface area contributed by atoms with Crippen LogP contribution in [-0.4, -0.2) is 21.5 Å². The fraction of sp³-hybridized carbons (Fsp3) is 0.0714. The fourth-order valence-electron chi connectivity index (χ4n) is 1.87. The molecule has 0 aliphatic rings. The van der Waals surface area contributed by atoms with Gasteiger partial charge in [0.1, 0.15) is 5.82 Å². The van der Waals surface area contributed by atoms with E-state index in [0.717, 1.165) is 20.0 Å². The average Bonchev–Trinajstić information content (AvgIpc) is 2.48. The number of nitrogens with zero attached hydrogens (tertiary/aromatic N) is 1. The van der Waals surface area contributed by atoms with Gasteiger partial charge in [0, 0.05) is 3.57 Å². The molecule has 0 radical (unpaired) electrons. The number of benzene rings is 2. The third-order valence-electron chi connectivity index (χ3n) is 2.83. The van der Waals surface area contributed by atoms with Crippen molar-refractivity contribution in [3.8, 4) is 0 Å². The summed E-state index contributed by atoms with van der Waals surface area (Å²) in [6.45, 7) is 0. The molecule has 0 heterocycles. The summed E-state index contributed by atoms with van der Waals surface area (Å²) in [5, 5.41) is 0. The molecule has 0 amide bonds. The standard InChI is InChI=1S/C14H11FINO4S/c1-21-14(18)12-7-2-9(15)8-13(12)17(22(19)20)11-5-3-10(16)4-6-11/h2-8,22H,1H3. The summed E-state index contributed by atoms with van der Waals surface area (Å²) >= 11 is 2.08. The molecule has 22 heavy (non-hydrogen) atoms. The highest BCUT2D eigenvalue weighted by Gasteiger charge is 2.21. The molecular weight excluding hydrogens is 424 g/mol. The lowest BCUT2D eigenvalue weighted by Crippen LogP contribution is -2.18. The summed E-state index contributed by atoms with van der Waals surface area (Å²) in [6.07, 6.45) is 0. The van der Waals surface area contributed by atoms with Gasteiger partial charge in [0.25, 0.3) is 0 Å². The monoisotopic (exact) mass is 435 g/mol. The molecule has 0 atom stereocenters. The van der Waals surface area contributed by atoms with Crippen LogP contribution in [0.25, 0.3) is 0 Å². The third kappa shape index (κ3) is 3.55. The molecule has 8 heteroatoms. The number of carbonyl (C=O) groups is 1. The first-order chi connectivity index (χ1) is 10.4. The number of hydrogen-bond acceptors (Lipinski definition) is 4. The van der Waals surface area contributed by atoms with Crippen LogP contribution in [0.15, 0.2) is 42.5 Å². The number of halogens is 2. The van der Waals surface area contributed by atoms with Crippen molar-refractivity contribution in [1.82, 2.24) is 0 Å². The van der Waals surface area contributed by atoms with Crippen molar-refractivity contribution in [3.63, 3.8) is 0 Å². The highest BCUT2D eigenvalue weighted by atomic mass is 127. The maximum Gasteiger partial charge on any atom is 0.340 e. The number of hydrogen-bond donors (Lipinski definition) is 1. The van der Waals surface area contributed by atoms with Crippen molar-refractivity contribution in [2.24, 2.45) is 0 Å². The zero-order chi connectivity index (χ0) is 16.3. The molecule has 0 saturated carbocycles. The molecule has 0 fully saturated rings. The van der Waals surface area contributed by atoms with Gasteiger partial charge in [0.05, 0.1) is 24.0 Å². The van der Waals surface area contributed by atoms with Crippen LogP contribution in [-0.2, 0) is 15.6 Å². The molecule has 0 aliphatic carbocycles. The van der Waals surface area contributed by atoms with Gasteiger partial charge in [-0.25, -0.2) is 21.9 Å². The molecule has 0 aliphatic heterocycles. The lowest BCUT2D eigenvalue weighted by Gasteiger charge is -2.20. The lowest BCUT2D eigenvalue weighted by molar-refractivity contribution is 0.0601. The second-order valence-corrected chi connectivity index (χ2v) is 6.30. The minimum absolute atomic E-state index is 0.0401. The molecule has 116 valence electrons. The number of carbonyl (C=O) groups excluding carboxylic acids is 1. The largest absolute Gasteiger partial charge is 0.465 e. The van der Waals surface area contributed by atoms with Gasteiger partial charge in [-0.05, 0) is 65.1 Å². The quantitative estimate of drug-likeness (QED) is 0.456. The SMILES string of the molecule is COC(=O)c1ccc(F)cc1N(c1ccc(I)cc1)[SH](=O)=O. The van der Waals surface area contributed by atoms with Crippen molar-refractivity contribution < 1.29 is 22.3 Å². The zero-order valence-corrected chi connectivity index (χ0v) is 14.4. The normalized spacial score (nSPS) is 10.5. The summed E-state index contributed by atoms with van der Waals surface area (Å²) in [5.74, 6) is -1.41. The van der Waals surface area contributed by atoms with Gasteiger partial charge in [-0.1, -0.05) is 0 Å². The van der Waals surface area contributed by atoms with Crippen LogP contribution >= 0.6 is 22.6 Å². The van der Waals surface area contributed by atoms with Crippen molar-refractivity contribution in [3.05, 3.63) is 57.4 Å². The van der Waals surface area contributed by atoms with Crippen LogP contribution in [0.1, 0.15) is 10.4 Å². The van der Waals surface area contributed by atoms with E-state index in [0.29, 0.717) is 5.69 Å². The van der Waals surface area contributed by atoms with Gasteiger partial charge in [0.15, 0.2) is 0 Å². The molecule has 0 unspecified atom stereocenters. The second kappa shape index (κ2) is 7.05. The van der Waals surface area contributed by atoms with Crippen molar-refractivity contribution >= 4 is 50.8 Å². The Kier molecular flexibility index (Phi) is 5.35. The van der Waals surface area contributed by atoms with Crippen molar-refractivity contribution in [2.75, 3.05) is 11.4 Å². The molecule has 0 saturated heterocycles. The number of methoxy groups -OCH3 is 1. The Hall–Kier alpha value is -1.68. The Labute approximate surface area is 141 Å². The number of esters is 1. The molecule has 5 nitrogen and oxygen atoms in total. The van der Waals surface area contributed by atoms with Crippen LogP contribution in [0.3, 0.4) is 0 Å². The molecule has 2 aromatic carbocycles. The zero-order valence-electron chi connectivity index (χ0n) is 11.3. The van der Waals surface area contributed by atoms with Crippen molar-refractivity contribution in [2.45, 2.75) is 0 Å². The highest BCUT2D eigenvalue weighted by molar-refractivity contribution is 14.1. The Bertz CT molecular complexity index is 769. The molecular formula is C14H11FINO4S. The van der Waals surface area contributed by atoms with E-state index in [9.17, 15) is 17.6 Å². The molecule has 0 N–H and O–H groups in total.